The van der Waals surface area contributed by atoms with Crippen molar-refractivity contribution in [1.82, 2.24) is 39.5 Å². The fourth-order valence-electron chi connectivity index (χ4n) is 6.59. The van der Waals surface area contributed by atoms with Gasteiger partial charge in [0.1, 0.15) is 23.4 Å². The van der Waals surface area contributed by atoms with E-state index >= 15 is 0 Å². The summed E-state index contributed by atoms with van der Waals surface area (Å²) in [4.78, 5) is 15.7. The van der Waals surface area contributed by atoms with Crippen LogP contribution in [0.15, 0.2) is 61.1 Å². The highest BCUT2D eigenvalue weighted by atomic mass is 16.5. The molecule has 1 unspecified atom stereocenters. The summed E-state index contributed by atoms with van der Waals surface area (Å²) >= 11 is 0. The average molecular weight is 625 g/mol. The maximum atomic E-state index is 13.4. The van der Waals surface area contributed by atoms with E-state index in [0.29, 0.717) is 36.9 Å². The Bertz CT molecular complexity index is 1830. The number of benzene rings is 1. The number of amides is 2. The van der Waals surface area contributed by atoms with Crippen LogP contribution in [0.2, 0.25) is 0 Å². The molecule has 0 radical (unpaired) electrons. The number of ether oxygens (including phenoxy) is 1. The highest BCUT2D eigenvalue weighted by Gasteiger charge is 2.30. The third-order valence-electron chi connectivity index (χ3n) is 8.99. The predicted octanol–water partition coefficient (Wildman–Crippen LogP) is 4.82. The Labute approximate surface area is 267 Å². The summed E-state index contributed by atoms with van der Waals surface area (Å²) in [7, 11) is 0. The van der Waals surface area contributed by atoms with Crippen molar-refractivity contribution in [3.8, 4) is 11.4 Å². The Morgan fingerprint density at radius 2 is 1.93 bits per heavy atom. The Morgan fingerprint density at radius 1 is 1.07 bits per heavy atom. The van der Waals surface area contributed by atoms with E-state index in [2.05, 4.69) is 55.0 Å². The van der Waals surface area contributed by atoms with E-state index in [4.69, 9.17) is 4.74 Å². The lowest BCUT2D eigenvalue weighted by atomic mass is 9.85. The average Bonchev–Trinajstić information content (AvgIpc) is 3.81. The Balaban J connectivity index is 1.07. The Morgan fingerprint density at radius 3 is 2.76 bits per heavy atom. The molecule has 1 aromatic carbocycles. The van der Waals surface area contributed by atoms with Crippen molar-refractivity contribution < 1.29 is 14.6 Å². The lowest BCUT2D eigenvalue weighted by Crippen LogP contribution is -2.38. The number of pyridine rings is 1. The fourth-order valence-corrected chi connectivity index (χ4v) is 6.59. The van der Waals surface area contributed by atoms with E-state index in [9.17, 15) is 9.90 Å². The highest BCUT2D eigenvalue weighted by molar-refractivity contribution is 5.89. The number of piperidine rings is 1. The topological polar surface area (TPSA) is 140 Å². The third-order valence-corrected chi connectivity index (χ3v) is 8.99. The lowest BCUT2D eigenvalue weighted by molar-refractivity contribution is 0.171. The zero-order chi connectivity index (χ0) is 31.6. The summed E-state index contributed by atoms with van der Waals surface area (Å²) in [6.07, 6.45) is 11.0. The first-order valence-electron chi connectivity index (χ1n) is 16.2. The van der Waals surface area contributed by atoms with Crippen LogP contribution >= 0.6 is 0 Å². The zero-order valence-electron chi connectivity index (χ0n) is 26.2. The van der Waals surface area contributed by atoms with E-state index in [1.807, 2.05) is 47.9 Å². The molecule has 240 valence electrons. The first-order chi connectivity index (χ1) is 22.5. The van der Waals surface area contributed by atoms with Crippen LogP contribution in [0, 0.1) is 0 Å². The lowest BCUT2D eigenvalue weighted by Gasteiger charge is -2.33. The van der Waals surface area contributed by atoms with Crippen LogP contribution in [-0.4, -0.2) is 64.5 Å². The molecule has 0 saturated carbocycles. The minimum atomic E-state index is -0.316. The van der Waals surface area contributed by atoms with Gasteiger partial charge in [-0.25, -0.2) is 9.48 Å². The molecule has 2 amide bonds. The molecule has 0 bridgehead atoms. The quantitative estimate of drug-likeness (QED) is 0.212. The number of hydrogen-bond acceptors (Lipinski definition) is 8. The molecule has 1 saturated heterocycles. The van der Waals surface area contributed by atoms with Gasteiger partial charge in [0.2, 0.25) is 5.95 Å². The van der Waals surface area contributed by atoms with Gasteiger partial charge in [0.05, 0.1) is 43.5 Å². The number of carbonyl (C=O) groups excluding carboxylic acids is 1. The zero-order valence-corrected chi connectivity index (χ0v) is 26.2. The highest BCUT2D eigenvalue weighted by Crippen LogP contribution is 2.39. The smallest absolute Gasteiger partial charge is 0.320 e. The maximum absolute atomic E-state index is 13.4. The van der Waals surface area contributed by atoms with Gasteiger partial charge < -0.3 is 20.1 Å². The monoisotopic (exact) mass is 624 g/mol. The van der Waals surface area contributed by atoms with Crippen LogP contribution in [0.1, 0.15) is 74.9 Å². The van der Waals surface area contributed by atoms with E-state index in [1.54, 1.807) is 21.8 Å². The minimum Gasteiger partial charge on any atom is -0.484 e. The maximum Gasteiger partial charge on any atom is 0.320 e. The van der Waals surface area contributed by atoms with Crippen LogP contribution in [-0.2, 0) is 13.0 Å². The SMILES string of the molecule is CCc1cc(NC(=O)NC2CC[C@@H](Oc3ccc4nnc(N5CCCC[C@@H]5C)n4c3)c3ccccc32)n(-c2cnn(CCO)c2)n1. The first-order valence-corrected chi connectivity index (χ1v) is 16.2. The molecule has 1 fully saturated rings. The molecular formula is C33H40N10O3. The summed E-state index contributed by atoms with van der Waals surface area (Å²) in [5.74, 6) is 2.16. The molecule has 4 aromatic heterocycles. The van der Waals surface area contributed by atoms with Crippen LogP contribution in [0.3, 0.4) is 0 Å². The molecule has 7 rings (SSSR count). The number of hydrogen-bond donors (Lipinski definition) is 3. The van der Waals surface area contributed by atoms with Crippen molar-refractivity contribution in [1.29, 1.82) is 0 Å². The van der Waals surface area contributed by atoms with Crippen LogP contribution in [0.4, 0.5) is 16.6 Å². The second kappa shape index (κ2) is 12.8. The number of aromatic nitrogens is 7. The molecule has 46 heavy (non-hydrogen) atoms. The van der Waals surface area contributed by atoms with Crippen LogP contribution < -0.4 is 20.3 Å². The second-order valence-electron chi connectivity index (χ2n) is 12.1. The standard InChI is InChI=1S/C33H40N10O3/c1-3-23-18-31(43(39-23)24-19-34-40(20-24)16-17-44)36-32(45)35-28-12-13-29(27-10-5-4-9-26(27)28)46-25-11-14-30-37-38-33(42(30)21-25)41-15-7-6-8-22(41)2/h4-5,9-11,14,18-22,28-29,44H,3,6-8,12-13,15-17H2,1-2H3,(H2,35,36,45)/t22-,28?,29+/m0/s1. The predicted molar refractivity (Wildman–Crippen MR) is 173 cm³/mol. The molecule has 13 heteroatoms. The number of rotatable bonds is 9. The molecule has 5 heterocycles. The molecule has 5 aromatic rings. The van der Waals surface area contributed by atoms with Gasteiger partial charge in [-0.3, -0.25) is 14.4 Å². The van der Waals surface area contributed by atoms with Crippen LogP contribution in [0.25, 0.3) is 11.3 Å². The van der Waals surface area contributed by atoms with Crippen molar-refractivity contribution in [2.75, 3.05) is 23.4 Å². The number of aliphatic hydroxyl groups excluding tert-OH is 1. The Hall–Kier alpha value is -4.91. The van der Waals surface area contributed by atoms with Gasteiger partial charge in [0, 0.05) is 18.7 Å². The van der Waals surface area contributed by atoms with E-state index in [0.717, 1.165) is 60.0 Å². The van der Waals surface area contributed by atoms with E-state index < -0.39 is 0 Å². The number of carbonyl (C=O) groups is 1. The number of aryl methyl sites for hydroxylation is 1. The number of urea groups is 1. The number of anilines is 2. The van der Waals surface area contributed by atoms with Gasteiger partial charge >= 0.3 is 6.03 Å². The molecule has 1 aliphatic carbocycles. The van der Waals surface area contributed by atoms with Crippen molar-refractivity contribution in [3.63, 3.8) is 0 Å². The van der Waals surface area contributed by atoms with E-state index in [-0.39, 0.29) is 24.8 Å². The molecule has 0 spiro atoms. The molecular weight excluding hydrogens is 584 g/mol. The largest absolute Gasteiger partial charge is 0.484 e. The molecule has 1 aliphatic heterocycles. The van der Waals surface area contributed by atoms with Gasteiger partial charge in [-0.05, 0) is 68.7 Å². The molecule has 2 aliphatic rings. The summed E-state index contributed by atoms with van der Waals surface area (Å²) in [6, 6.07) is 13.8. The summed E-state index contributed by atoms with van der Waals surface area (Å²) < 4.78 is 12.0. The van der Waals surface area contributed by atoms with Gasteiger partial charge in [-0.1, -0.05) is 31.2 Å². The van der Waals surface area contributed by atoms with Crippen molar-refractivity contribution in [2.24, 2.45) is 0 Å². The molecule has 3 atom stereocenters. The minimum absolute atomic E-state index is 0.0148. The van der Waals surface area contributed by atoms with Gasteiger partial charge in [0.25, 0.3) is 0 Å². The Kier molecular flexibility index (Phi) is 8.31. The second-order valence-corrected chi connectivity index (χ2v) is 12.1. The van der Waals surface area contributed by atoms with Crippen molar-refractivity contribution in [3.05, 3.63) is 77.9 Å². The van der Waals surface area contributed by atoms with Gasteiger partial charge in [0.15, 0.2) is 5.65 Å². The van der Waals surface area contributed by atoms with Crippen molar-refractivity contribution >= 4 is 23.4 Å². The summed E-state index contributed by atoms with van der Waals surface area (Å²) in [5, 5.41) is 33.3. The molecule has 13 nitrogen and oxygen atoms in total. The third kappa shape index (κ3) is 5.89. The van der Waals surface area contributed by atoms with Gasteiger partial charge in [-0.15, -0.1) is 10.2 Å². The molecule has 3 N–H and O–H groups in total. The first kappa shape index (κ1) is 29.8. The summed E-state index contributed by atoms with van der Waals surface area (Å²) in [5.41, 5.74) is 4.44. The normalized spacial score (nSPS) is 19.6. The van der Waals surface area contributed by atoms with Gasteiger partial charge in [-0.2, -0.15) is 10.2 Å². The van der Waals surface area contributed by atoms with E-state index in [1.165, 1.54) is 6.42 Å². The number of fused-ring (bicyclic) bond motifs is 2. The number of nitrogens with zero attached hydrogens (tertiary/aromatic N) is 8. The fraction of sp³-hybridized carbons (Fsp3) is 0.424. The van der Waals surface area contributed by atoms with Crippen molar-refractivity contribution in [2.45, 2.75) is 77.1 Å². The van der Waals surface area contributed by atoms with Crippen LogP contribution in [0.5, 0.6) is 5.75 Å². The number of aliphatic hydroxyl groups is 1. The number of nitrogens with one attached hydrogen (secondary N) is 2. The summed E-state index contributed by atoms with van der Waals surface area (Å²) in [6.45, 7) is 5.60.